The zero-order valence-corrected chi connectivity index (χ0v) is 15.2. The van der Waals surface area contributed by atoms with E-state index in [1.165, 1.54) is 10.8 Å². The number of nitrogens with one attached hydrogen (secondary N) is 1. The van der Waals surface area contributed by atoms with E-state index in [0.717, 1.165) is 16.8 Å². The molecule has 0 spiro atoms. The first kappa shape index (κ1) is 17.0. The van der Waals surface area contributed by atoms with Crippen molar-refractivity contribution in [3.8, 4) is 5.69 Å². The zero-order valence-electron chi connectivity index (χ0n) is 15.2. The largest absolute Gasteiger partial charge is 0.349 e. The fourth-order valence-corrected chi connectivity index (χ4v) is 3.37. The molecular formula is C23H21N3O. The number of rotatable bonds is 5. The van der Waals surface area contributed by atoms with Crippen LogP contribution < -0.4 is 5.32 Å². The highest BCUT2D eigenvalue weighted by Crippen LogP contribution is 2.24. The summed E-state index contributed by atoms with van der Waals surface area (Å²) in [5, 5.41) is 9.70. The molecule has 4 rings (SSSR count). The molecule has 0 radical (unpaired) electrons. The summed E-state index contributed by atoms with van der Waals surface area (Å²) in [6.07, 6.45) is 4.00. The molecule has 1 heterocycles. The predicted octanol–water partition coefficient (Wildman–Crippen LogP) is 4.45. The maximum absolute atomic E-state index is 12.5. The third-order valence-corrected chi connectivity index (χ3v) is 4.74. The van der Waals surface area contributed by atoms with Gasteiger partial charge in [0, 0.05) is 12.4 Å². The van der Waals surface area contributed by atoms with Gasteiger partial charge in [-0.15, -0.1) is 0 Å². The molecule has 4 nitrogen and oxygen atoms in total. The van der Waals surface area contributed by atoms with Gasteiger partial charge in [0.2, 0.25) is 5.91 Å². The van der Waals surface area contributed by atoms with Gasteiger partial charge in [-0.1, -0.05) is 54.6 Å². The van der Waals surface area contributed by atoms with Crippen LogP contribution in [-0.4, -0.2) is 15.7 Å². The molecule has 4 heteroatoms. The molecule has 0 saturated heterocycles. The molecule has 1 N–H and O–H groups in total. The van der Waals surface area contributed by atoms with E-state index in [4.69, 9.17) is 0 Å². The van der Waals surface area contributed by atoms with Crippen LogP contribution in [-0.2, 0) is 11.2 Å². The molecule has 0 aliphatic heterocycles. The summed E-state index contributed by atoms with van der Waals surface area (Å²) in [6.45, 7) is 2.03. The second-order valence-electron chi connectivity index (χ2n) is 6.65. The molecule has 1 amide bonds. The highest BCUT2D eigenvalue weighted by atomic mass is 16.1. The standard InChI is InChI=1S/C23H21N3O/c1-17(21-9-4-7-19-6-2-3-8-22(19)21)25-23(27)16-18-10-12-20(13-11-18)26-15-5-14-24-26/h2-15,17H,16H2,1H3,(H,25,27). The van der Waals surface area contributed by atoms with Crippen LogP contribution in [0.25, 0.3) is 16.5 Å². The average molecular weight is 355 g/mol. The van der Waals surface area contributed by atoms with Crippen LogP contribution >= 0.6 is 0 Å². The number of benzene rings is 3. The lowest BCUT2D eigenvalue weighted by Crippen LogP contribution is -2.28. The van der Waals surface area contributed by atoms with Crippen molar-refractivity contribution in [1.29, 1.82) is 0 Å². The van der Waals surface area contributed by atoms with E-state index < -0.39 is 0 Å². The molecule has 1 unspecified atom stereocenters. The first-order valence-corrected chi connectivity index (χ1v) is 9.07. The summed E-state index contributed by atoms with van der Waals surface area (Å²) in [6, 6.07) is 24.2. The molecule has 0 aliphatic carbocycles. The first-order chi connectivity index (χ1) is 13.2. The molecule has 0 bridgehead atoms. The van der Waals surface area contributed by atoms with Gasteiger partial charge >= 0.3 is 0 Å². The Labute approximate surface area is 158 Å². The topological polar surface area (TPSA) is 46.9 Å². The first-order valence-electron chi connectivity index (χ1n) is 9.07. The van der Waals surface area contributed by atoms with E-state index >= 15 is 0 Å². The van der Waals surface area contributed by atoms with E-state index in [1.807, 2.05) is 61.7 Å². The van der Waals surface area contributed by atoms with E-state index in [2.05, 4.69) is 34.7 Å². The van der Waals surface area contributed by atoms with E-state index in [1.54, 1.807) is 10.9 Å². The molecule has 1 aromatic heterocycles. The van der Waals surface area contributed by atoms with Crippen LogP contribution in [0.3, 0.4) is 0 Å². The smallest absolute Gasteiger partial charge is 0.224 e. The maximum Gasteiger partial charge on any atom is 0.224 e. The van der Waals surface area contributed by atoms with Gasteiger partial charge in [-0.3, -0.25) is 4.79 Å². The van der Waals surface area contributed by atoms with Gasteiger partial charge in [0.15, 0.2) is 0 Å². The Morgan fingerprint density at radius 3 is 2.56 bits per heavy atom. The lowest BCUT2D eigenvalue weighted by atomic mass is 9.99. The molecule has 1 atom stereocenters. The van der Waals surface area contributed by atoms with Crippen LogP contribution in [0.2, 0.25) is 0 Å². The van der Waals surface area contributed by atoms with Gasteiger partial charge in [-0.25, -0.2) is 4.68 Å². The molecule has 4 aromatic rings. The van der Waals surface area contributed by atoms with Gasteiger partial charge in [0.25, 0.3) is 0 Å². The fourth-order valence-electron chi connectivity index (χ4n) is 3.37. The average Bonchev–Trinajstić information content (AvgIpc) is 3.23. The van der Waals surface area contributed by atoms with Gasteiger partial charge in [0.05, 0.1) is 18.2 Å². The molecule has 0 saturated carbocycles. The van der Waals surface area contributed by atoms with E-state index in [0.29, 0.717) is 6.42 Å². The number of nitrogens with zero attached hydrogens (tertiary/aromatic N) is 2. The quantitative estimate of drug-likeness (QED) is 0.575. The second kappa shape index (κ2) is 7.46. The van der Waals surface area contributed by atoms with Crippen LogP contribution in [0.1, 0.15) is 24.1 Å². The van der Waals surface area contributed by atoms with Gasteiger partial charge in [0.1, 0.15) is 0 Å². The third kappa shape index (κ3) is 3.75. The molecular weight excluding hydrogens is 334 g/mol. The third-order valence-electron chi connectivity index (χ3n) is 4.74. The fraction of sp³-hybridized carbons (Fsp3) is 0.130. The Morgan fingerprint density at radius 2 is 1.78 bits per heavy atom. The van der Waals surface area contributed by atoms with Crippen molar-refractivity contribution in [3.05, 3.63) is 96.3 Å². The summed E-state index contributed by atoms with van der Waals surface area (Å²) >= 11 is 0. The second-order valence-corrected chi connectivity index (χ2v) is 6.65. The van der Waals surface area contributed by atoms with Crippen LogP contribution in [0.15, 0.2) is 85.2 Å². The highest BCUT2D eigenvalue weighted by Gasteiger charge is 2.12. The molecule has 3 aromatic carbocycles. The number of carbonyl (C=O) groups is 1. The number of hydrogen-bond donors (Lipinski definition) is 1. The number of amides is 1. The Kier molecular flexibility index (Phi) is 4.71. The minimum absolute atomic E-state index is 0.0160. The van der Waals surface area contributed by atoms with Crippen molar-refractivity contribution in [2.75, 3.05) is 0 Å². The molecule has 134 valence electrons. The van der Waals surface area contributed by atoms with Gasteiger partial charge in [-0.2, -0.15) is 5.10 Å². The van der Waals surface area contributed by atoms with Crippen LogP contribution in [0, 0.1) is 0 Å². The maximum atomic E-state index is 12.5. The van der Waals surface area contributed by atoms with Crippen molar-refractivity contribution in [2.45, 2.75) is 19.4 Å². The highest BCUT2D eigenvalue weighted by molar-refractivity contribution is 5.87. The number of fused-ring (bicyclic) bond motifs is 1. The summed E-state index contributed by atoms with van der Waals surface area (Å²) in [7, 11) is 0. The zero-order chi connectivity index (χ0) is 18.6. The van der Waals surface area contributed by atoms with Crippen molar-refractivity contribution in [3.63, 3.8) is 0 Å². The Hall–Kier alpha value is -3.40. The van der Waals surface area contributed by atoms with Crippen LogP contribution in [0.5, 0.6) is 0 Å². The summed E-state index contributed by atoms with van der Waals surface area (Å²) in [4.78, 5) is 12.5. The summed E-state index contributed by atoms with van der Waals surface area (Å²) in [5.41, 5.74) is 3.09. The number of aromatic nitrogens is 2. The minimum Gasteiger partial charge on any atom is -0.349 e. The summed E-state index contributed by atoms with van der Waals surface area (Å²) < 4.78 is 1.80. The lowest BCUT2D eigenvalue weighted by molar-refractivity contribution is -0.121. The minimum atomic E-state index is -0.0491. The predicted molar refractivity (Wildman–Crippen MR) is 108 cm³/mol. The number of hydrogen-bond acceptors (Lipinski definition) is 2. The van der Waals surface area contributed by atoms with Crippen molar-refractivity contribution >= 4 is 16.7 Å². The lowest BCUT2D eigenvalue weighted by Gasteiger charge is -2.17. The van der Waals surface area contributed by atoms with Crippen molar-refractivity contribution < 1.29 is 4.79 Å². The van der Waals surface area contributed by atoms with Crippen molar-refractivity contribution in [2.24, 2.45) is 0 Å². The molecule has 27 heavy (non-hydrogen) atoms. The van der Waals surface area contributed by atoms with Crippen molar-refractivity contribution in [1.82, 2.24) is 15.1 Å². The number of carbonyl (C=O) groups excluding carboxylic acids is 1. The molecule has 0 aliphatic rings. The molecule has 0 fully saturated rings. The Bertz CT molecular complexity index is 1050. The van der Waals surface area contributed by atoms with Gasteiger partial charge < -0.3 is 5.32 Å². The normalized spacial score (nSPS) is 12.0. The monoisotopic (exact) mass is 355 g/mol. The SMILES string of the molecule is CC(NC(=O)Cc1ccc(-n2cccn2)cc1)c1cccc2ccccc12. The summed E-state index contributed by atoms with van der Waals surface area (Å²) in [5.74, 6) is 0.0160. The van der Waals surface area contributed by atoms with Gasteiger partial charge in [-0.05, 0) is 47.0 Å². The van der Waals surface area contributed by atoms with E-state index in [9.17, 15) is 4.79 Å². The Balaban J connectivity index is 1.44. The Morgan fingerprint density at radius 1 is 1.00 bits per heavy atom. The van der Waals surface area contributed by atoms with E-state index in [-0.39, 0.29) is 11.9 Å². The van der Waals surface area contributed by atoms with Crippen LogP contribution in [0.4, 0.5) is 0 Å².